The summed E-state index contributed by atoms with van der Waals surface area (Å²) < 4.78 is 0. The van der Waals surface area contributed by atoms with E-state index in [9.17, 15) is 0 Å². The molecule has 1 unspecified atom stereocenters. The molecule has 0 aliphatic rings. The van der Waals surface area contributed by atoms with Crippen LogP contribution in [0, 0.1) is 0 Å². The van der Waals surface area contributed by atoms with Gasteiger partial charge in [0.1, 0.15) is 0 Å². The first-order valence-corrected chi connectivity index (χ1v) is 2.94. The van der Waals surface area contributed by atoms with E-state index in [-0.39, 0.29) is 6.17 Å². The Balaban J connectivity index is 2.85. The van der Waals surface area contributed by atoms with Gasteiger partial charge in [-0.3, -0.25) is 5.73 Å². The van der Waals surface area contributed by atoms with Crippen molar-refractivity contribution in [3.63, 3.8) is 0 Å². The maximum Gasteiger partial charge on any atom is 0.162 e. The van der Waals surface area contributed by atoms with E-state index in [0.29, 0.717) is 0 Å². The molecule has 1 rings (SSSR count). The average molecular weight is 123 g/mol. The lowest BCUT2D eigenvalue weighted by atomic mass is 10.2. The predicted molar refractivity (Wildman–Crippen MR) is 36.3 cm³/mol. The quantitative estimate of drug-likeness (QED) is 0.503. The summed E-state index contributed by atoms with van der Waals surface area (Å²) in [5, 5.41) is 0. The zero-order valence-electron chi connectivity index (χ0n) is 5.25. The largest absolute Gasteiger partial charge is 0.339 e. The minimum absolute atomic E-state index is 0.0915. The summed E-state index contributed by atoms with van der Waals surface area (Å²) in [6.45, 7) is 0. The van der Waals surface area contributed by atoms with Gasteiger partial charge in [-0.1, -0.05) is 30.3 Å². The smallest absolute Gasteiger partial charge is 0.162 e. The number of rotatable bonds is 1. The molecule has 5 N–H and O–H groups in total. The van der Waals surface area contributed by atoms with Gasteiger partial charge in [0.15, 0.2) is 6.17 Å². The highest BCUT2D eigenvalue weighted by Crippen LogP contribution is 2.00. The van der Waals surface area contributed by atoms with Crippen molar-refractivity contribution in [2.24, 2.45) is 5.73 Å². The molecular formula is C7H11N2+. The molecule has 0 heterocycles. The van der Waals surface area contributed by atoms with Crippen LogP contribution in [0.2, 0.25) is 0 Å². The van der Waals surface area contributed by atoms with Gasteiger partial charge in [-0.05, 0) is 0 Å². The van der Waals surface area contributed by atoms with Crippen LogP contribution in [0.4, 0.5) is 0 Å². The summed E-state index contributed by atoms with van der Waals surface area (Å²) in [5.74, 6) is 0. The Hall–Kier alpha value is -0.860. The maximum absolute atomic E-state index is 5.50. The van der Waals surface area contributed by atoms with Gasteiger partial charge in [0.2, 0.25) is 0 Å². The molecule has 0 spiro atoms. The van der Waals surface area contributed by atoms with Gasteiger partial charge in [-0.2, -0.15) is 0 Å². The van der Waals surface area contributed by atoms with E-state index in [2.05, 4.69) is 5.73 Å². The summed E-state index contributed by atoms with van der Waals surface area (Å²) in [6, 6.07) is 9.82. The Morgan fingerprint density at radius 3 is 2.11 bits per heavy atom. The number of hydrogen-bond donors (Lipinski definition) is 2. The molecule has 0 fully saturated rings. The maximum atomic E-state index is 5.50. The van der Waals surface area contributed by atoms with E-state index >= 15 is 0 Å². The Labute approximate surface area is 54.5 Å². The lowest BCUT2D eigenvalue weighted by Crippen LogP contribution is -2.58. The predicted octanol–water partition coefficient (Wildman–Crippen LogP) is -0.114. The highest BCUT2D eigenvalue weighted by atomic mass is 14.8. The normalized spacial score (nSPS) is 13.1. The molecule has 2 nitrogen and oxygen atoms in total. The third kappa shape index (κ3) is 1.52. The first-order valence-electron chi connectivity index (χ1n) is 2.94. The van der Waals surface area contributed by atoms with Gasteiger partial charge < -0.3 is 5.73 Å². The van der Waals surface area contributed by atoms with Crippen LogP contribution in [0.3, 0.4) is 0 Å². The molecule has 1 aromatic rings. The van der Waals surface area contributed by atoms with Crippen molar-refractivity contribution < 1.29 is 5.73 Å². The van der Waals surface area contributed by atoms with Crippen LogP contribution in [0.25, 0.3) is 0 Å². The molecule has 0 radical (unpaired) electrons. The van der Waals surface area contributed by atoms with Gasteiger partial charge in [0, 0.05) is 5.56 Å². The topological polar surface area (TPSA) is 53.7 Å². The molecule has 0 saturated heterocycles. The number of quaternary nitrogens is 1. The van der Waals surface area contributed by atoms with E-state index in [1.807, 2.05) is 30.3 Å². The number of benzene rings is 1. The van der Waals surface area contributed by atoms with Crippen molar-refractivity contribution >= 4 is 0 Å². The molecule has 0 aliphatic carbocycles. The van der Waals surface area contributed by atoms with Crippen molar-refractivity contribution in [1.29, 1.82) is 0 Å². The van der Waals surface area contributed by atoms with Crippen molar-refractivity contribution in [2.45, 2.75) is 6.17 Å². The molecule has 0 saturated carbocycles. The second-order valence-electron chi connectivity index (χ2n) is 2.02. The standard InChI is InChI=1S/C7H10N2/c8-7(9)6-4-2-1-3-5-6/h1-5,7H,8-9H2/p+1. The van der Waals surface area contributed by atoms with Crippen LogP contribution in [-0.2, 0) is 0 Å². The molecule has 2 heteroatoms. The van der Waals surface area contributed by atoms with Gasteiger partial charge in [-0.25, -0.2) is 0 Å². The Bertz CT molecular complexity index is 170. The molecule has 9 heavy (non-hydrogen) atoms. The zero-order chi connectivity index (χ0) is 6.69. The van der Waals surface area contributed by atoms with Crippen LogP contribution in [0.1, 0.15) is 11.7 Å². The average Bonchev–Trinajstić information content (AvgIpc) is 1.90. The van der Waals surface area contributed by atoms with E-state index in [1.54, 1.807) is 0 Å². The number of nitrogens with two attached hydrogens (primary N) is 1. The van der Waals surface area contributed by atoms with E-state index < -0.39 is 0 Å². The van der Waals surface area contributed by atoms with Crippen LogP contribution in [0.15, 0.2) is 30.3 Å². The van der Waals surface area contributed by atoms with Crippen LogP contribution in [0.5, 0.6) is 0 Å². The molecule has 1 atom stereocenters. The monoisotopic (exact) mass is 123 g/mol. The SMILES string of the molecule is NC([NH3+])c1ccccc1. The first-order chi connectivity index (χ1) is 4.30. The number of hydrogen-bond acceptors (Lipinski definition) is 1. The Morgan fingerprint density at radius 1 is 1.22 bits per heavy atom. The summed E-state index contributed by atoms with van der Waals surface area (Å²) in [6.07, 6.45) is -0.0915. The molecule has 0 bridgehead atoms. The first kappa shape index (κ1) is 6.26. The van der Waals surface area contributed by atoms with E-state index in [0.717, 1.165) is 5.56 Å². The van der Waals surface area contributed by atoms with Gasteiger partial charge in [0.05, 0.1) is 0 Å². The summed E-state index contributed by atoms with van der Waals surface area (Å²) in [5.41, 5.74) is 10.3. The van der Waals surface area contributed by atoms with Crippen molar-refractivity contribution in [3.8, 4) is 0 Å². The van der Waals surface area contributed by atoms with Gasteiger partial charge in [0.25, 0.3) is 0 Å². The lowest BCUT2D eigenvalue weighted by Gasteiger charge is -1.98. The Kier molecular flexibility index (Phi) is 1.82. The van der Waals surface area contributed by atoms with Crippen LogP contribution >= 0.6 is 0 Å². The fourth-order valence-electron chi connectivity index (χ4n) is 0.700. The second kappa shape index (κ2) is 2.62. The summed E-state index contributed by atoms with van der Waals surface area (Å²) in [4.78, 5) is 0. The fourth-order valence-corrected chi connectivity index (χ4v) is 0.700. The van der Waals surface area contributed by atoms with Gasteiger partial charge >= 0.3 is 0 Å². The Morgan fingerprint density at radius 2 is 1.78 bits per heavy atom. The van der Waals surface area contributed by atoms with Crippen molar-refractivity contribution in [1.82, 2.24) is 0 Å². The minimum atomic E-state index is -0.0915. The highest BCUT2D eigenvalue weighted by molar-refractivity contribution is 5.15. The van der Waals surface area contributed by atoms with Crippen molar-refractivity contribution in [2.75, 3.05) is 0 Å². The summed E-state index contributed by atoms with van der Waals surface area (Å²) >= 11 is 0. The van der Waals surface area contributed by atoms with E-state index in [1.165, 1.54) is 0 Å². The third-order valence-corrected chi connectivity index (χ3v) is 1.23. The highest BCUT2D eigenvalue weighted by Gasteiger charge is 1.97. The third-order valence-electron chi connectivity index (χ3n) is 1.23. The minimum Gasteiger partial charge on any atom is -0.339 e. The fraction of sp³-hybridized carbons (Fsp3) is 0.143. The summed E-state index contributed by atoms with van der Waals surface area (Å²) in [7, 11) is 0. The van der Waals surface area contributed by atoms with Gasteiger partial charge in [-0.15, -0.1) is 0 Å². The van der Waals surface area contributed by atoms with Crippen molar-refractivity contribution in [3.05, 3.63) is 35.9 Å². The molecule has 1 aromatic carbocycles. The molecule has 0 aromatic heterocycles. The second-order valence-corrected chi connectivity index (χ2v) is 2.02. The zero-order valence-corrected chi connectivity index (χ0v) is 5.25. The lowest BCUT2D eigenvalue weighted by molar-refractivity contribution is -0.424. The van der Waals surface area contributed by atoms with Crippen LogP contribution in [-0.4, -0.2) is 0 Å². The molecule has 0 amide bonds. The van der Waals surface area contributed by atoms with E-state index in [4.69, 9.17) is 5.73 Å². The molecule has 0 aliphatic heterocycles. The molecular weight excluding hydrogens is 112 g/mol. The molecule has 48 valence electrons. The van der Waals surface area contributed by atoms with Crippen LogP contribution < -0.4 is 11.5 Å².